The van der Waals surface area contributed by atoms with Crippen LogP contribution in [0.3, 0.4) is 0 Å². The average molecular weight is 382 g/mol. The zero-order valence-corrected chi connectivity index (χ0v) is 17.7. The molecule has 5 heteroatoms. The van der Waals surface area contributed by atoms with Gasteiger partial charge in [-0.3, -0.25) is 4.79 Å². The maximum Gasteiger partial charge on any atom is 0.246 e. The molecule has 2 atom stereocenters. The van der Waals surface area contributed by atoms with E-state index in [1.807, 2.05) is 4.68 Å². The lowest BCUT2D eigenvalue weighted by Crippen LogP contribution is -2.35. The third kappa shape index (κ3) is 4.20. The fourth-order valence-corrected chi connectivity index (χ4v) is 3.95. The molecule has 1 aromatic heterocycles. The Balaban J connectivity index is 1.80. The Hall–Kier alpha value is -2.40. The van der Waals surface area contributed by atoms with E-state index >= 15 is 0 Å². The number of nitrogens with one attached hydrogen (secondary N) is 1. The van der Waals surface area contributed by atoms with Crippen LogP contribution in [0.5, 0.6) is 0 Å². The van der Waals surface area contributed by atoms with E-state index in [9.17, 15) is 4.79 Å². The molecule has 28 heavy (non-hydrogen) atoms. The summed E-state index contributed by atoms with van der Waals surface area (Å²) < 4.78 is 6.93. The van der Waals surface area contributed by atoms with Crippen molar-refractivity contribution in [3.63, 3.8) is 0 Å². The van der Waals surface area contributed by atoms with Gasteiger partial charge in [0.05, 0.1) is 11.4 Å². The van der Waals surface area contributed by atoms with Gasteiger partial charge >= 0.3 is 0 Å². The lowest BCUT2D eigenvalue weighted by Gasteiger charge is -2.19. The first-order chi connectivity index (χ1) is 13.2. The molecule has 1 N–H and O–H groups in total. The highest BCUT2D eigenvalue weighted by Crippen LogP contribution is 2.34. The predicted molar refractivity (Wildman–Crippen MR) is 112 cm³/mol. The fourth-order valence-electron chi connectivity index (χ4n) is 3.95. The monoisotopic (exact) mass is 381 g/mol. The number of nitrogens with zero attached hydrogens (tertiary/aromatic N) is 2. The maximum atomic E-state index is 11.8. The molecule has 1 heterocycles. The van der Waals surface area contributed by atoms with Crippen LogP contribution in [0.15, 0.2) is 36.4 Å². The largest absolute Gasteiger partial charge is 0.375 e. The van der Waals surface area contributed by atoms with Crippen LogP contribution in [0.1, 0.15) is 55.6 Å². The number of aryl methyl sites for hydroxylation is 1. The van der Waals surface area contributed by atoms with Gasteiger partial charge in [0.15, 0.2) is 0 Å². The molecule has 0 saturated heterocycles. The second-order valence-electron chi connectivity index (χ2n) is 8.63. The number of aromatic nitrogens is 2. The number of amides is 1. The van der Waals surface area contributed by atoms with E-state index in [4.69, 9.17) is 9.84 Å². The van der Waals surface area contributed by atoms with Crippen molar-refractivity contribution in [1.82, 2.24) is 15.1 Å². The van der Waals surface area contributed by atoms with Crippen LogP contribution in [0.2, 0.25) is 0 Å². The third-order valence-corrected chi connectivity index (χ3v) is 5.40. The van der Waals surface area contributed by atoms with E-state index in [2.05, 4.69) is 76.4 Å². The van der Waals surface area contributed by atoms with Crippen LogP contribution in [0.4, 0.5) is 0 Å². The van der Waals surface area contributed by atoms with E-state index < -0.39 is 0 Å². The Morgan fingerprint density at radius 3 is 2.50 bits per heavy atom. The first-order valence-electron chi connectivity index (χ1n) is 9.84. The van der Waals surface area contributed by atoms with E-state index in [1.54, 1.807) is 0 Å². The summed E-state index contributed by atoms with van der Waals surface area (Å²) in [7, 11) is 1.53. The number of carbonyl (C=O) groups excluding carboxylic acids is 1. The molecule has 5 nitrogen and oxygen atoms in total. The van der Waals surface area contributed by atoms with Crippen molar-refractivity contribution in [2.45, 2.75) is 58.4 Å². The molecule has 0 radical (unpaired) electrons. The number of rotatable bonds is 5. The van der Waals surface area contributed by atoms with Crippen LogP contribution in [0.25, 0.3) is 5.69 Å². The zero-order chi connectivity index (χ0) is 20.5. The van der Waals surface area contributed by atoms with Gasteiger partial charge in [0.2, 0.25) is 5.91 Å². The minimum absolute atomic E-state index is 0.0425. The summed E-state index contributed by atoms with van der Waals surface area (Å²) >= 11 is 0. The summed E-state index contributed by atoms with van der Waals surface area (Å²) in [5, 5.41) is 7.81. The highest BCUT2D eigenvalue weighted by molar-refractivity contribution is 5.77. The smallest absolute Gasteiger partial charge is 0.246 e. The van der Waals surface area contributed by atoms with Gasteiger partial charge in [-0.25, -0.2) is 4.68 Å². The van der Waals surface area contributed by atoms with Crippen LogP contribution in [0, 0.1) is 13.8 Å². The Labute approximate surface area is 167 Å². The number of allylic oxidation sites excluding steroid dienone is 1. The highest BCUT2D eigenvalue weighted by atomic mass is 16.5. The number of ether oxygens (including phenoxy) is 1. The van der Waals surface area contributed by atoms with Gasteiger partial charge in [-0.05, 0) is 43.4 Å². The number of benzene rings is 1. The molecule has 0 fully saturated rings. The van der Waals surface area contributed by atoms with E-state index in [-0.39, 0.29) is 29.9 Å². The van der Waals surface area contributed by atoms with Crippen molar-refractivity contribution in [3.8, 4) is 5.69 Å². The van der Waals surface area contributed by atoms with Crippen molar-refractivity contribution in [3.05, 3.63) is 58.9 Å². The normalized spacial score (nSPS) is 19.2. The summed E-state index contributed by atoms with van der Waals surface area (Å²) in [6.07, 6.45) is 5.11. The van der Waals surface area contributed by atoms with Gasteiger partial charge in [0.1, 0.15) is 6.61 Å². The lowest BCUT2D eigenvalue weighted by atomic mass is 9.87. The van der Waals surface area contributed by atoms with Crippen LogP contribution in [-0.4, -0.2) is 35.4 Å². The molecular weight excluding hydrogens is 350 g/mol. The zero-order valence-electron chi connectivity index (χ0n) is 17.7. The first-order valence-corrected chi connectivity index (χ1v) is 9.84. The van der Waals surface area contributed by atoms with Crippen LogP contribution >= 0.6 is 0 Å². The van der Waals surface area contributed by atoms with Gasteiger partial charge in [0, 0.05) is 30.3 Å². The Morgan fingerprint density at radius 1 is 1.21 bits per heavy atom. The summed E-state index contributed by atoms with van der Waals surface area (Å²) in [5.74, 6) is 0.177. The molecule has 1 aliphatic rings. The summed E-state index contributed by atoms with van der Waals surface area (Å²) in [6.45, 7) is 10.9. The first kappa shape index (κ1) is 20.3. The second kappa shape index (κ2) is 7.92. The summed E-state index contributed by atoms with van der Waals surface area (Å²) in [6, 6.07) is 8.69. The Morgan fingerprint density at radius 2 is 1.89 bits per heavy atom. The summed E-state index contributed by atoms with van der Waals surface area (Å²) in [4.78, 5) is 11.8. The van der Waals surface area contributed by atoms with Gasteiger partial charge in [-0.15, -0.1) is 0 Å². The van der Waals surface area contributed by atoms with Crippen LogP contribution in [-0.2, 0) is 14.9 Å². The number of carbonyl (C=O) groups is 1. The minimum atomic E-state index is -0.0825. The molecular formula is C23H31N3O2. The minimum Gasteiger partial charge on any atom is -0.375 e. The number of methoxy groups -OCH3 is 1. The Kier molecular flexibility index (Phi) is 5.75. The Bertz CT molecular complexity index is 872. The van der Waals surface area contributed by atoms with Gasteiger partial charge in [-0.1, -0.05) is 45.1 Å². The molecule has 0 saturated carbocycles. The molecule has 0 aliphatic heterocycles. The molecule has 2 aromatic rings. The highest BCUT2D eigenvalue weighted by Gasteiger charge is 2.27. The topological polar surface area (TPSA) is 56.1 Å². The number of hydrogen-bond donors (Lipinski definition) is 1. The lowest BCUT2D eigenvalue weighted by molar-refractivity contribution is -0.125. The SMILES string of the molecule is COCC(=O)N[C@@H]1C=C[C@H](c2c(C)nn(-c3ccc(C(C)(C)C)cc3)c2C)C1. The van der Waals surface area contributed by atoms with Crippen LogP contribution < -0.4 is 5.32 Å². The standard InChI is InChI=1S/C23H31N3O2/c1-15-22(17-7-10-19(13-17)24-21(27)14-28-6)16(2)26(25-15)20-11-8-18(9-12-20)23(3,4)5/h7-12,17,19H,13-14H2,1-6H3,(H,24,27)/t17-,19+/m0/s1. The van der Waals surface area contributed by atoms with E-state index in [0.717, 1.165) is 23.5 Å². The van der Waals surface area contributed by atoms with Crippen molar-refractivity contribution < 1.29 is 9.53 Å². The molecule has 1 aliphatic carbocycles. The van der Waals surface area contributed by atoms with E-state index in [0.29, 0.717) is 0 Å². The average Bonchev–Trinajstić information content (AvgIpc) is 3.18. The maximum absolute atomic E-state index is 11.8. The van der Waals surface area contributed by atoms with Crippen molar-refractivity contribution in [1.29, 1.82) is 0 Å². The number of hydrogen-bond acceptors (Lipinski definition) is 3. The van der Waals surface area contributed by atoms with Crippen molar-refractivity contribution in [2.75, 3.05) is 13.7 Å². The predicted octanol–water partition coefficient (Wildman–Crippen LogP) is 3.96. The summed E-state index contributed by atoms with van der Waals surface area (Å²) in [5.41, 5.74) is 5.96. The molecule has 1 amide bonds. The van der Waals surface area contributed by atoms with Crippen molar-refractivity contribution in [2.24, 2.45) is 0 Å². The van der Waals surface area contributed by atoms with Gasteiger partial charge in [-0.2, -0.15) is 5.10 Å². The molecule has 0 unspecified atom stereocenters. The quantitative estimate of drug-likeness (QED) is 0.798. The molecule has 150 valence electrons. The van der Waals surface area contributed by atoms with Crippen molar-refractivity contribution >= 4 is 5.91 Å². The second-order valence-corrected chi connectivity index (χ2v) is 8.63. The molecule has 0 spiro atoms. The molecule has 0 bridgehead atoms. The third-order valence-electron chi connectivity index (χ3n) is 5.40. The van der Waals surface area contributed by atoms with Gasteiger partial charge in [0.25, 0.3) is 0 Å². The van der Waals surface area contributed by atoms with E-state index in [1.165, 1.54) is 18.2 Å². The fraction of sp³-hybridized carbons (Fsp3) is 0.478. The van der Waals surface area contributed by atoms with Gasteiger partial charge < -0.3 is 10.1 Å². The molecule has 3 rings (SSSR count). The molecule has 1 aromatic carbocycles.